The summed E-state index contributed by atoms with van der Waals surface area (Å²) in [6.07, 6.45) is -2.60. The molecule has 0 saturated carbocycles. The van der Waals surface area contributed by atoms with Gasteiger partial charge in [-0.25, -0.2) is 18.4 Å². The molecule has 6 heteroatoms. The second-order valence-electron chi connectivity index (χ2n) is 5.20. The smallest absolute Gasteiger partial charge is 0.264 e. The summed E-state index contributed by atoms with van der Waals surface area (Å²) in [4.78, 5) is 4.58. The molecule has 120 valence electrons. The zero-order valence-electron chi connectivity index (χ0n) is 13.2. The number of ether oxygens (including phenoxy) is 1. The largest absolute Gasteiger partial charge is 0.496 e. The second-order valence-corrected chi connectivity index (χ2v) is 5.20. The van der Waals surface area contributed by atoms with E-state index in [1.807, 2.05) is 25.1 Å². The van der Waals surface area contributed by atoms with Gasteiger partial charge in [-0.05, 0) is 32.0 Å². The third-order valence-corrected chi connectivity index (χ3v) is 3.83. The Morgan fingerprint density at radius 1 is 1.26 bits per heavy atom. The van der Waals surface area contributed by atoms with E-state index in [1.54, 1.807) is 24.8 Å². The summed E-state index contributed by atoms with van der Waals surface area (Å²) in [5.74, 6) is 0.596. The molecule has 0 aliphatic heterocycles. The predicted molar refractivity (Wildman–Crippen MR) is 84.9 cm³/mol. The predicted octanol–water partition coefficient (Wildman–Crippen LogP) is 4.37. The third kappa shape index (κ3) is 2.54. The fourth-order valence-corrected chi connectivity index (χ4v) is 2.77. The number of hydrogen-bond donors (Lipinski definition) is 0. The third-order valence-electron chi connectivity index (χ3n) is 3.83. The monoisotopic (exact) mass is 317 g/mol. The van der Waals surface area contributed by atoms with Crippen molar-refractivity contribution < 1.29 is 13.5 Å². The molecule has 0 unspecified atom stereocenters. The van der Waals surface area contributed by atoms with E-state index < -0.39 is 6.43 Å². The summed E-state index contributed by atoms with van der Waals surface area (Å²) in [6.45, 7) is 4.20. The minimum atomic E-state index is -2.60. The van der Waals surface area contributed by atoms with E-state index in [2.05, 4.69) is 10.1 Å². The van der Waals surface area contributed by atoms with Crippen molar-refractivity contribution in [3.8, 4) is 17.0 Å². The van der Waals surface area contributed by atoms with Gasteiger partial charge in [0, 0.05) is 17.7 Å². The van der Waals surface area contributed by atoms with Crippen molar-refractivity contribution in [1.82, 2.24) is 14.8 Å². The number of para-hydroxylation sites is 1. The molecule has 0 spiro atoms. The van der Waals surface area contributed by atoms with Crippen LogP contribution in [0, 0.1) is 6.92 Å². The SMILES string of the molecule is CCn1nc(C)c2c(C(F)F)cc(-c3ccccc3OC)nc21. The Morgan fingerprint density at radius 3 is 2.65 bits per heavy atom. The average molecular weight is 317 g/mol. The van der Waals surface area contributed by atoms with Gasteiger partial charge in [0.05, 0.1) is 23.9 Å². The number of nitrogens with zero attached hydrogens (tertiary/aromatic N) is 3. The highest BCUT2D eigenvalue weighted by Crippen LogP contribution is 2.35. The lowest BCUT2D eigenvalue weighted by Gasteiger charge is -2.11. The van der Waals surface area contributed by atoms with Crippen LogP contribution in [0.2, 0.25) is 0 Å². The van der Waals surface area contributed by atoms with Gasteiger partial charge in [-0.1, -0.05) is 12.1 Å². The molecule has 0 aliphatic rings. The molecular formula is C17H17F2N3O. The zero-order valence-corrected chi connectivity index (χ0v) is 13.2. The molecular weight excluding hydrogens is 300 g/mol. The average Bonchev–Trinajstić information content (AvgIpc) is 2.90. The standard InChI is InChI=1S/C17H17F2N3O/c1-4-22-17-15(10(2)21-22)12(16(18)19)9-13(20-17)11-7-5-6-8-14(11)23-3/h5-9,16H,4H2,1-3H3. The number of alkyl halides is 2. The number of hydrogen-bond acceptors (Lipinski definition) is 3. The van der Waals surface area contributed by atoms with Crippen molar-refractivity contribution in [2.24, 2.45) is 0 Å². The molecule has 0 atom stereocenters. The molecule has 0 fully saturated rings. The molecule has 0 amide bonds. The van der Waals surface area contributed by atoms with Crippen LogP contribution in [-0.2, 0) is 6.54 Å². The normalized spacial score (nSPS) is 11.4. The van der Waals surface area contributed by atoms with Gasteiger partial charge in [0.25, 0.3) is 6.43 Å². The van der Waals surface area contributed by atoms with E-state index in [-0.39, 0.29) is 5.56 Å². The fraction of sp³-hybridized carbons (Fsp3) is 0.294. The Morgan fingerprint density at radius 2 is 2.00 bits per heavy atom. The molecule has 0 bridgehead atoms. The zero-order chi connectivity index (χ0) is 16.6. The van der Waals surface area contributed by atoms with Crippen LogP contribution in [0.3, 0.4) is 0 Å². The van der Waals surface area contributed by atoms with Crippen LogP contribution in [0.5, 0.6) is 5.75 Å². The van der Waals surface area contributed by atoms with Crippen LogP contribution >= 0.6 is 0 Å². The van der Waals surface area contributed by atoms with E-state index in [0.717, 1.165) is 0 Å². The molecule has 0 aliphatic carbocycles. The fourth-order valence-electron chi connectivity index (χ4n) is 2.77. The number of aryl methyl sites for hydroxylation is 2. The lowest BCUT2D eigenvalue weighted by atomic mass is 10.0. The highest BCUT2D eigenvalue weighted by atomic mass is 19.3. The summed E-state index contributed by atoms with van der Waals surface area (Å²) in [5.41, 5.74) is 2.13. The van der Waals surface area contributed by atoms with Crippen molar-refractivity contribution in [2.45, 2.75) is 26.8 Å². The van der Waals surface area contributed by atoms with Crippen LogP contribution in [0.25, 0.3) is 22.3 Å². The Labute approximate surface area is 132 Å². The summed E-state index contributed by atoms with van der Waals surface area (Å²) in [6, 6.07) is 8.68. The molecule has 2 heterocycles. The molecule has 0 saturated heterocycles. The molecule has 1 aromatic carbocycles. The van der Waals surface area contributed by atoms with Crippen molar-refractivity contribution in [2.75, 3.05) is 7.11 Å². The minimum absolute atomic E-state index is 0.0480. The first-order valence-electron chi connectivity index (χ1n) is 7.36. The van der Waals surface area contributed by atoms with Crippen molar-refractivity contribution in [1.29, 1.82) is 0 Å². The molecule has 0 radical (unpaired) electrons. The number of aromatic nitrogens is 3. The van der Waals surface area contributed by atoms with E-state index in [1.165, 1.54) is 6.07 Å². The number of pyridine rings is 1. The number of rotatable bonds is 4. The molecule has 3 aromatic rings. The molecule has 3 rings (SSSR count). The van der Waals surface area contributed by atoms with Crippen molar-refractivity contribution in [3.63, 3.8) is 0 Å². The van der Waals surface area contributed by atoms with Gasteiger partial charge >= 0.3 is 0 Å². The summed E-state index contributed by atoms with van der Waals surface area (Å²) < 4.78 is 34.1. The Balaban J connectivity index is 2.35. The number of methoxy groups -OCH3 is 1. The minimum Gasteiger partial charge on any atom is -0.496 e. The first-order chi connectivity index (χ1) is 11.1. The second kappa shape index (κ2) is 5.95. The molecule has 4 nitrogen and oxygen atoms in total. The van der Waals surface area contributed by atoms with Crippen LogP contribution in [0.4, 0.5) is 8.78 Å². The van der Waals surface area contributed by atoms with E-state index in [9.17, 15) is 8.78 Å². The lowest BCUT2D eigenvalue weighted by molar-refractivity contribution is 0.153. The van der Waals surface area contributed by atoms with Gasteiger partial charge in [-0.2, -0.15) is 5.10 Å². The van der Waals surface area contributed by atoms with Crippen molar-refractivity contribution in [3.05, 3.63) is 41.6 Å². The van der Waals surface area contributed by atoms with Crippen molar-refractivity contribution >= 4 is 11.0 Å². The van der Waals surface area contributed by atoms with Crippen LogP contribution in [-0.4, -0.2) is 21.9 Å². The quantitative estimate of drug-likeness (QED) is 0.717. The summed E-state index contributed by atoms with van der Waals surface area (Å²) in [7, 11) is 1.55. The van der Waals surface area contributed by atoms with E-state index in [0.29, 0.717) is 40.3 Å². The topological polar surface area (TPSA) is 39.9 Å². The number of fused-ring (bicyclic) bond motifs is 1. The first kappa shape index (κ1) is 15.4. The molecule has 0 N–H and O–H groups in total. The highest BCUT2D eigenvalue weighted by molar-refractivity contribution is 5.86. The maximum Gasteiger partial charge on any atom is 0.264 e. The molecule has 23 heavy (non-hydrogen) atoms. The van der Waals surface area contributed by atoms with Gasteiger partial charge in [0.1, 0.15) is 5.75 Å². The van der Waals surface area contributed by atoms with Crippen LogP contribution < -0.4 is 4.74 Å². The van der Waals surface area contributed by atoms with Gasteiger partial charge in [-0.3, -0.25) is 0 Å². The maximum absolute atomic E-state index is 13.6. The Bertz CT molecular complexity index is 858. The number of benzene rings is 1. The highest BCUT2D eigenvalue weighted by Gasteiger charge is 2.21. The Hall–Kier alpha value is -2.50. The summed E-state index contributed by atoms with van der Waals surface area (Å²) >= 11 is 0. The number of halogens is 2. The maximum atomic E-state index is 13.6. The van der Waals surface area contributed by atoms with E-state index in [4.69, 9.17) is 4.74 Å². The van der Waals surface area contributed by atoms with Gasteiger partial charge < -0.3 is 4.74 Å². The van der Waals surface area contributed by atoms with Crippen LogP contribution in [0.1, 0.15) is 24.6 Å². The van der Waals surface area contributed by atoms with Gasteiger partial charge in [-0.15, -0.1) is 0 Å². The summed E-state index contributed by atoms with van der Waals surface area (Å²) in [5, 5.41) is 4.75. The van der Waals surface area contributed by atoms with Crippen LogP contribution in [0.15, 0.2) is 30.3 Å². The van der Waals surface area contributed by atoms with E-state index >= 15 is 0 Å². The van der Waals surface area contributed by atoms with Gasteiger partial charge in [0.15, 0.2) is 5.65 Å². The van der Waals surface area contributed by atoms with Gasteiger partial charge in [0.2, 0.25) is 0 Å². The lowest BCUT2D eigenvalue weighted by Crippen LogP contribution is -2.00. The molecule has 2 aromatic heterocycles. The first-order valence-corrected chi connectivity index (χ1v) is 7.36. The Kier molecular flexibility index (Phi) is 3.98.